The Morgan fingerprint density at radius 2 is 1.67 bits per heavy atom. The Morgan fingerprint density at radius 3 is 2.30 bits per heavy atom. The third kappa shape index (κ3) is 10.7. The van der Waals surface area contributed by atoms with Crippen LogP contribution in [0.3, 0.4) is 0 Å². The second-order valence-corrected chi connectivity index (χ2v) is 11.2. The fourth-order valence-corrected chi connectivity index (χ4v) is 5.22. The molecule has 7 nitrogen and oxygen atoms in total. The highest BCUT2D eigenvalue weighted by molar-refractivity contribution is 6.00. The smallest absolute Gasteiger partial charge is 0.253 e. The van der Waals surface area contributed by atoms with Gasteiger partial charge in [-0.2, -0.15) is 0 Å². The van der Waals surface area contributed by atoms with Crippen LogP contribution in [0.15, 0.2) is 60.7 Å². The van der Waals surface area contributed by atoms with Crippen LogP contribution in [0.5, 0.6) is 0 Å². The molecule has 1 aliphatic rings. The SMILES string of the molecule is CCCN(CCC)C(=O)c1cc(C)cc(C(=O)N[C@@H](Cc2cc(F)cc(F)c2)[C@@H](O)C(O)COCCC2C=CC=CC2)c1. The highest BCUT2D eigenvalue weighted by atomic mass is 19.1. The molecule has 2 aromatic rings. The van der Waals surface area contributed by atoms with E-state index in [9.17, 15) is 28.6 Å². The first-order valence-corrected chi connectivity index (χ1v) is 15.0. The zero-order valence-corrected chi connectivity index (χ0v) is 25.3. The second-order valence-electron chi connectivity index (χ2n) is 11.2. The number of ether oxygens (including phenoxy) is 1. The number of aliphatic hydroxyl groups excluding tert-OH is 2. The highest BCUT2D eigenvalue weighted by Crippen LogP contribution is 2.18. The van der Waals surface area contributed by atoms with Crippen LogP contribution in [0, 0.1) is 24.5 Å². The summed E-state index contributed by atoms with van der Waals surface area (Å²) < 4.78 is 33.5. The minimum Gasteiger partial charge on any atom is -0.388 e. The van der Waals surface area contributed by atoms with Gasteiger partial charge in [0.2, 0.25) is 0 Å². The van der Waals surface area contributed by atoms with Gasteiger partial charge >= 0.3 is 0 Å². The van der Waals surface area contributed by atoms with Gasteiger partial charge in [0.1, 0.15) is 23.8 Å². The average molecular weight is 599 g/mol. The number of allylic oxidation sites excluding steroid dienone is 4. The van der Waals surface area contributed by atoms with Crippen LogP contribution < -0.4 is 5.32 Å². The first kappa shape index (κ1) is 34.1. The molecule has 0 radical (unpaired) electrons. The van der Waals surface area contributed by atoms with Crippen LogP contribution >= 0.6 is 0 Å². The molecule has 2 aromatic carbocycles. The van der Waals surface area contributed by atoms with Crippen molar-refractivity contribution in [2.24, 2.45) is 5.92 Å². The second kappa shape index (κ2) is 17.0. The van der Waals surface area contributed by atoms with Crippen molar-refractivity contribution < 1.29 is 33.3 Å². The Hall–Kier alpha value is -3.40. The lowest BCUT2D eigenvalue weighted by atomic mass is 9.96. The maximum Gasteiger partial charge on any atom is 0.253 e. The van der Waals surface area contributed by atoms with Crippen molar-refractivity contribution in [2.45, 2.75) is 71.1 Å². The van der Waals surface area contributed by atoms with E-state index in [2.05, 4.69) is 17.5 Å². The van der Waals surface area contributed by atoms with Crippen LogP contribution in [-0.4, -0.2) is 71.5 Å². The number of amides is 2. The topological polar surface area (TPSA) is 99.1 Å². The van der Waals surface area contributed by atoms with Crippen LogP contribution in [0.25, 0.3) is 0 Å². The summed E-state index contributed by atoms with van der Waals surface area (Å²) >= 11 is 0. The van der Waals surface area contributed by atoms with Crippen LogP contribution in [0.4, 0.5) is 8.78 Å². The molecule has 0 aromatic heterocycles. The molecule has 0 spiro atoms. The lowest BCUT2D eigenvalue weighted by molar-refractivity contribution is -0.0518. The Morgan fingerprint density at radius 1 is 1.00 bits per heavy atom. The highest BCUT2D eigenvalue weighted by Gasteiger charge is 2.29. The lowest BCUT2D eigenvalue weighted by Crippen LogP contribution is -2.51. The maximum atomic E-state index is 14.0. The van der Waals surface area contributed by atoms with Crippen molar-refractivity contribution in [2.75, 3.05) is 26.3 Å². The van der Waals surface area contributed by atoms with E-state index in [-0.39, 0.29) is 30.1 Å². The molecule has 0 heterocycles. The van der Waals surface area contributed by atoms with E-state index in [1.807, 2.05) is 26.0 Å². The molecule has 9 heteroatoms. The largest absolute Gasteiger partial charge is 0.388 e. The van der Waals surface area contributed by atoms with Gasteiger partial charge in [-0.15, -0.1) is 0 Å². The first-order chi connectivity index (χ1) is 20.6. The molecule has 4 atom stereocenters. The number of carbonyl (C=O) groups excluding carboxylic acids is 2. The summed E-state index contributed by atoms with van der Waals surface area (Å²) in [5.74, 6) is -2.03. The monoisotopic (exact) mass is 598 g/mol. The van der Waals surface area contributed by atoms with Crippen LogP contribution in [0.1, 0.15) is 71.4 Å². The van der Waals surface area contributed by atoms with Gasteiger partial charge in [0.25, 0.3) is 11.8 Å². The molecule has 0 aliphatic heterocycles. The molecule has 2 amide bonds. The standard InChI is InChI=1S/C34H44F2N2O5/c1-4-12-38(13-5-2)34(42)27-16-23(3)15-26(20-27)33(41)37-30(19-25-17-28(35)21-29(36)18-25)32(40)31(39)22-43-14-11-24-9-7-6-8-10-24/h6-9,15-18,20-21,24,30-32,39-40H,4-5,10-14,19,22H2,1-3H3,(H,37,41)/t24?,30-,31?,32+/m0/s1. The normalized spacial score (nSPS) is 16.5. The average Bonchev–Trinajstić information content (AvgIpc) is 2.97. The molecule has 2 unspecified atom stereocenters. The summed E-state index contributed by atoms with van der Waals surface area (Å²) in [6, 6.07) is 6.69. The number of carbonyl (C=O) groups is 2. The molecule has 1 aliphatic carbocycles. The Kier molecular flexibility index (Phi) is 13.5. The van der Waals surface area contributed by atoms with Crippen molar-refractivity contribution >= 4 is 11.8 Å². The van der Waals surface area contributed by atoms with Gasteiger partial charge in [0.05, 0.1) is 12.6 Å². The van der Waals surface area contributed by atoms with Gasteiger partial charge in [-0.05, 0) is 86.4 Å². The summed E-state index contributed by atoms with van der Waals surface area (Å²) in [7, 11) is 0. The Labute approximate surface area is 253 Å². The number of aliphatic hydroxyl groups is 2. The van der Waals surface area contributed by atoms with Gasteiger partial charge in [-0.1, -0.05) is 38.2 Å². The van der Waals surface area contributed by atoms with Crippen LogP contribution in [-0.2, 0) is 11.2 Å². The third-order valence-corrected chi connectivity index (χ3v) is 7.35. The quantitative estimate of drug-likeness (QED) is 0.233. The number of hydrogen-bond donors (Lipinski definition) is 3. The number of nitrogens with zero attached hydrogens (tertiary/aromatic N) is 1. The molecular weight excluding hydrogens is 554 g/mol. The number of aryl methyl sites for hydroxylation is 1. The molecule has 0 fully saturated rings. The van der Waals surface area contributed by atoms with E-state index in [0.717, 1.165) is 43.9 Å². The Bertz CT molecular complexity index is 1260. The summed E-state index contributed by atoms with van der Waals surface area (Å²) in [6.45, 7) is 7.12. The van der Waals surface area contributed by atoms with Gasteiger partial charge in [-0.25, -0.2) is 8.78 Å². The van der Waals surface area contributed by atoms with Crippen LogP contribution in [0.2, 0.25) is 0 Å². The van der Waals surface area contributed by atoms with E-state index in [0.29, 0.717) is 36.7 Å². The van der Waals surface area contributed by atoms with Gasteiger partial charge in [0.15, 0.2) is 0 Å². The number of rotatable bonds is 16. The summed E-state index contributed by atoms with van der Waals surface area (Å²) in [4.78, 5) is 28.5. The van der Waals surface area contributed by atoms with E-state index in [4.69, 9.17) is 4.74 Å². The molecular formula is C34H44F2N2O5. The molecule has 43 heavy (non-hydrogen) atoms. The molecule has 0 saturated heterocycles. The first-order valence-electron chi connectivity index (χ1n) is 15.0. The number of benzene rings is 2. The fraction of sp³-hybridized carbons (Fsp3) is 0.471. The van der Waals surface area contributed by atoms with Crippen molar-refractivity contribution in [3.63, 3.8) is 0 Å². The predicted molar refractivity (Wildman–Crippen MR) is 163 cm³/mol. The van der Waals surface area contributed by atoms with Gasteiger partial charge in [0, 0.05) is 36.9 Å². The van der Waals surface area contributed by atoms with Gasteiger partial charge < -0.3 is 25.2 Å². The predicted octanol–water partition coefficient (Wildman–Crippen LogP) is 5.14. The van der Waals surface area contributed by atoms with Crippen molar-refractivity contribution in [3.05, 3.63) is 94.6 Å². The Balaban J connectivity index is 1.76. The molecule has 0 bridgehead atoms. The third-order valence-electron chi connectivity index (χ3n) is 7.35. The number of nitrogens with one attached hydrogen (secondary N) is 1. The molecule has 0 saturated carbocycles. The minimum absolute atomic E-state index is 0.157. The molecule has 234 valence electrons. The van der Waals surface area contributed by atoms with Gasteiger partial charge in [-0.3, -0.25) is 9.59 Å². The van der Waals surface area contributed by atoms with E-state index < -0.39 is 35.8 Å². The van der Waals surface area contributed by atoms with E-state index in [1.165, 1.54) is 6.07 Å². The van der Waals surface area contributed by atoms with Crippen molar-refractivity contribution in [1.82, 2.24) is 10.2 Å². The zero-order valence-electron chi connectivity index (χ0n) is 25.3. The van der Waals surface area contributed by atoms with E-state index in [1.54, 1.807) is 24.0 Å². The number of halogens is 2. The fourth-order valence-electron chi connectivity index (χ4n) is 5.22. The molecule has 3 rings (SSSR count). The minimum atomic E-state index is -1.51. The summed E-state index contributed by atoms with van der Waals surface area (Å²) in [5.41, 5.74) is 1.46. The van der Waals surface area contributed by atoms with E-state index >= 15 is 0 Å². The number of hydrogen-bond acceptors (Lipinski definition) is 5. The van der Waals surface area contributed by atoms with Crippen molar-refractivity contribution in [1.29, 1.82) is 0 Å². The van der Waals surface area contributed by atoms with Crippen molar-refractivity contribution in [3.8, 4) is 0 Å². The maximum absolute atomic E-state index is 14.0. The lowest BCUT2D eigenvalue weighted by Gasteiger charge is -2.28. The zero-order chi connectivity index (χ0) is 31.4. The summed E-state index contributed by atoms with van der Waals surface area (Å²) in [5, 5.41) is 24.6. The molecule has 3 N–H and O–H groups in total. The summed E-state index contributed by atoms with van der Waals surface area (Å²) in [6.07, 6.45) is 8.33.